The van der Waals surface area contributed by atoms with Crippen molar-refractivity contribution >= 4 is 23.2 Å². The van der Waals surface area contributed by atoms with Crippen molar-refractivity contribution < 1.29 is 4.79 Å². The van der Waals surface area contributed by atoms with E-state index in [1.54, 1.807) is 12.3 Å². The summed E-state index contributed by atoms with van der Waals surface area (Å²) in [5.41, 5.74) is 2.92. The quantitative estimate of drug-likeness (QED) is 0.911. The van der Waals surface area contributed by atoms with Crippen molar-refractivity contribution in [3.05, 3.63) is 46.7 Å². The number of aromatic amines is 1. The predicted molar refractivity (Wildman–Crippen MR) is 87.4 cm³/mol. The van der Waals surface area contributed by atoms with Gasteiger partial charge in [0.05, 0.1) is 0 Å². The summed E-state index contributed by atoms with van der Waals surface area (Å²) in [5.74, 6) is 0.347. The van der Waals surface area contributed by atoms with Crippen LogP contribution in [0.25, 0.3) is 0 Å². The number of anilines is 1. The fourth-order valence-corrected chi connectivity index (χ4v) is 3.02. The van der Waals surface area contributed by atoms with Crippen LogP contribution in [-0.2, 0) is 0 Å². The van der Waals surface area contributed by atoms with Gasteiger partial charge in [0.25, 0.3) is 5.91 Å². The van der Waals surface area contributed by atoms with Gasteiger partial charge in [-0.05, 0) is 43.0 Å². The van der Waals surface area contributed by atoms with Gasteiger partial charge in [0.15, 0.2) is 0 Å². The maximum Gasteiger partial charge on any atom is 0.269 e. The first-order chi connectivity index (χ1) is 10.6. The molecule has 0 bridgehead atoms. The van der Waals surface area contributed by atoms with E-state index in [2.05, 4.69) is 27.3 Å². The monoisotopic (exact) mass is 318 g/mol. The average Bonchev–Trinajstić information content (AvgIpc) is 3.18. The largest absolute Gasteiger partial charge is 0.371 e. The molecular weight excluding hydrogens is 300 g/mol. The number of nitrogens with zero attached hydrogens (tertiary/aromatic N) is 2. The maximum absolute atomic E-state index is 11.9. The molecule has 3 rings (SSSR count). The number of rotatable bonds is 4. The molecular formula is C16H19ClN4O. The van der Waals surface area contributed by atoms with Crippen LogP contribution in [-0.4, -0.2) is 35.7 Å². The fourth-order valence-electron chi connectivity index (χ4n) is 2.86. The van der Waals surface area contributed by atoms with Gasteiger partial charge in [-0.3, -0.25) is 9.89 Å². The molecule has 22 heavy (non-hydrogen) atoms. The third-order valence-corrected chi connectivity index (χ3v) is 4.33. The molecule has 6 heteroatoms. The van der Waals surface area contributed by atoms with Crippen LogP contribution in [0.15, 0.2) is 30.5 Å². The van der Waals surface area contributed by atoms with E-state index in [4.69, 9.17) is 11.6 Å². The summed E-state index contributed by atoms with van der Waals surface area (Å²) in [4.78, 5) is 14.2. The first-order valence-corrected chi connectivity index (χ1v) is 7.80. The van der Waals surface area contributed by atoms with Crippen molar-refractivity contribution in [3.63, 3.8) is 0 Å². The Balaban J connectivity index is 1.56. The van der Waals surface area contributed by atoms with Crippen LogP contribution in [0, 0.1) is 12.8 Å². The molecule has 5 nitrogen and oxygen atoms in total. The molecule has 1 saturated heterocycles. The molecule has 116 valence electrons. The van der Waals surface area contributed by atoms with Gasteiger partial charge in [0.2, 0.25) is 0 Å². The highest BCUT2D eigenvalue weighted by Gasteiger charge is 2.24. The molecule has 1 aromatic carbocycles. The minimum Gasteiger partial charge on any atom is -0.371 e. The lowest BCUT2D eigenvalue weighted by atomic mass is 10.1. The molecule has 1 aliphatic rings. The number of benzene rings is 1. The van der Waals surface area contributed by atoms with Crippen molar-refractivity contribution in [2.24, 2.45) is 5.92 Å². The maximum atomic E-state index is 11.9. The molecule has 0 saturated carbocycles. The number of carbonyl (C=O) groups is 1. The summed E-state index contributed by atoms with van der Waals surface area (Å²) >= 11 is 6.10. The normalized spacial score (nSPS) is 17.7. The number of aromatic nitrogens is 2. The molecule has 0 radical (unpaired) electrons. The van der Waals surface area contributed by atoms with Gasteiger partial charge >= 0.3 is 0 Å². The molecule has 1 fully saturated rings. The first-order valence-electron chi connectivity index (χ1n) is 7.42. The second kappa shape index (κ2) is 6.40. The highest BCUT2D eigenvalue weighted by molar-refractivity contribution is 6.30. The zero-order chi connectivity index (χ0) is 15.5. The number of amides is 1. The summed E-state index contributed by atoms with van der Waals surface area (Å²) in [5, 5.41) is 10.2. The predicted octanol–water partition coefficient (Wildman–Crippen LogP) is 2.63. The second-order valence-electron chi connectivity index (χ2n) is 5.71. The number of halogens is 1. The van der Waals surface area contributed by atoms with Crippen LogP contribution in [0.3, 0.4) is 0 Å². The van der Waals surface area contributed by atoms with Crippen molar-refractivity contribution in [1.29, 1.82) is 0 Å². The molecule has 2 aromatic rings. The van der Waals surface area contributed by atoms with E-state index in [-0.39, 0.29) is 5.91 Å². The molecule has 0 aliphatic carbocycles. The van der Waals surface area contributed by atoms with E-state index in [0.29, 0.717) is 18.2 Å². The Morgan fingerprint density at radius 3 is 3.14 bits per heavy atom. The van der Waals surface area contributed by atoms with Gasteiger partial charge < -0.3 is 10.2 Å². The summed E-state index contributed by atoms with van der Waals surface area (Å²) in [6.07, 6.45) is 2.64. The zero-order valence-corrected chi connectivity index (χ0v) is 13.2. The van der Waals surface area contributed by atoms with E-state index in [1.807, 2.05) is 18.2 Å². The third-order valence-electron chi connectivity index (χ3n) is 4.09. The first kappa shape index (κ1) is 14.9. The minimum atomic E-state index is -0.102. The van der Waals surface area contributed by atoms with E-state index >= 15 is 0 Å². The van der Waals surface area contributed by atoms with Crippen LogP contribution in [0.4, 0.5) is 5.69 Å². The van der Waals surface area contributed by atoms with Crippen LogP contribution in [0.5, 0.6) is 0 Å². The van der Waals surface area contributed by atoms with E-state index in [0.717, 1.165) is 24.5 Å². The Labute approximate surface area is 134 Å². The molecule has 1 atom stereocenters. The molecule has 1 aliphatic heterocycles. The Kier molecular flexibility index (Phi) is 4.34. The zero-order valence-electron chi connectivity index (χ0n) is 12.5. The fraction of sp³-hybridized carbons (Fsp3) is 0.375. The van der Waals surface area contributed by atoms with Crippen molar-refractivity contribution in [1.82, 2.24) is 15.5 Å². The van der Waals surface area contributed by atoms with E-state index in [1.165, 1.54) is 11.3 Å². The Morgan fingerprint density at radius 1 is 1.50 bits per heavy atom. The lowest BCUT2D eigenvalue weighted by Gasteiger charge is -2.21. The summed E-state index contributed by atoms with van der Waals surface area (Å²) in [7, 11) is 0. The summed E-state index contributed by atoms with van der Waals surface area (Å²) in [6.45, 7) is 4.70. The second-order valence-corrected chi connectivity index (χ2v) is 6.15. The van der Waals surface area contributed by atoms with Crippen LogP contribution >= 0.6 is 11.6 Å². The molecule has 0 unspecified atom stereocenters. The number of hydrogen-bond donors (Lipinski definition) is 2. The molecule has 2 heterocycles. The summed E-state index contributed by atoms with van der Waals surface area (Å²) in [6, 6.07) is 7.65. The van der Waals surface area contributed by atoms with Crippen LogP contribution in [0.2, 0.25) is 5.02 Å². The molecule has 2 N–H and O–H groups in total. The number of carbonyl (C=O) groups excluding carboxylic acids is 1. The number of aryl methyl sites for hydroxylation is 1. The Bertz CT molecular complexity index is 656. The molecule has 0 spiro atoms. The lowest BCUT2D eigenvalue weighted by molar-refractivity contribution is 0.0943. The van der Waals surface area contributed by atoms with E-state index in [9.17, 15) is 4.79 Å². The highest BCUT2D eigenvalue weighted by Crippen LogP contribution is 2.29. The van der Waals surface area contributed by atoms with Crippen molar-refractivity contribution in [2.75, 3.05) is 24.5 Å². The van der Waals surface area contributed by atoms with Gasteiger partial charge in [0.1, 0.15) is 5.69 Å². The van der Waals surface area contributed by atoms with Crippen LogP contribution in [0.1, 0.15) is 22.5 Å². The molecule has 1 amide bonds. The van der Waals surface area contributed by atoms with E-state index < -0.39 is 0 Å². The standard InChI is InChI=1S/C16H19ClN4O/c1-11-2-3-13(17)8-15(11)21-7-5-12(10-21)9-18-16(22)14-4-6-19-20-14/h2-4,6,8,12H,5,7,9-10H2,1H3,(H,18,22)(H,19,20)/t12-/m1/s1. The van der Waals surface area contributed by atoms with Crippen LogP contribution < -0.4 is 10.2 Å². The minimum absolute atomic E-state index is 0.102. The van der Waals surface area contributed by atoms with Crippen molar-refractivity contribution in [2.45, 2.75) is 13.3 Å². The van der Waals surface area contributed by atoms with Gasteiger partial charge in [-0.15, -0.1) is 0 Å². The molecule has 1 aromatic heterocycles. The number of H-pyrrole nitrogens is 1. The number of hydrogen-bond acceptors (Lipinski definition) is 3. The lowest BCUT2D eigenvalue weighted by Crippen LogP contribution is -2.31. The third kappa shape index (κ3) is 3.25. The van der Waals surface area contributed by atoms with Crippen molar-refractivity contribution in [3.8, 4) is 0 Å². The van der Waals surface area contributed by atoms with Gasteiger partial charge in [-0.25, -0.2) is 0 Å². The Morgan fingerprint density at radius 2 is 2.36 bits per heavy atom. The van der Waals surface area contributed by atoms with Gasteiger partial charge in [-0.2, -0.15) is 5.10 Å². The van der Waals surface area contributed by atoms with Gasteiger partial charge in [-0.1, -0.05) is 17.7 Å². The number of nitrogens with one attached hydrogen (secondary N) is 2. The Hall–Kier alpha value is -2.01. The SMILES string of the molecule is Cc1ccc(Cl)cc1N1CC[C@H](CNC(=O)c2ccn[nH]2)C1. The smallest absolute Gasteiger partial charge is 0.269 e. The topological polar surface area (TPSA) is 61.0 Å². The highest BCUT2D eigenvalue weighted by atomic mass is 35.5. The average molecular weight is 319 g/mol. The van der Waals surface area contributed by atoms with Gasteiger partial charge in [0, 0.05) is 36.5 Å². The summed E-state index contributed by atoms with van der Waals surface area (Å²) < 4.78 is 0.